The second-order valence-electron chi connectivity index (χ2n) is 4.17. The lowest BCUT2D eigenvalue weighted by Gasteiger charge is -2.25. The van der Waals surface area contributed by atoms with Crippen molar-refractivity contribution in [3.63, 3.8) is 0 Å². The standard InChI is InChI=1S/C11H19N3O/c1-9-10(2)13(3)12-11(9)8-14-4-6-15-7-5-14/h4-8H2,1-3H3. The van der Waals surface area contributed by atoms with Gasteiger partial charge in [0.05, 0.1) is 18.9 Å². The van der Waals surface area contributed by atoms with Gasteiger partial charge in [0.1, 0.15) is 0 Å². The number of morpholine rings is 1. The monoisotopic (exact) mass is 209 g/mol. The number of aryl methyl sites for hydroxylation is 1. The summed E-state index contributed by atoms with van der Waals surface area (Å²) in [6.07, 6.45) is 0. The Morgan fingerprint density at radius 1 is 1.27 bits per heavy atom. The van der Waals surface area contributed by atoms with Crippen LogP contribution < -0.4 is 0 Å². The highest BCUT2D eigenvalue weighted by molar-refractivity contribution is 5.23. The maximum absolute atomic E-state index is 5.33. The van der Waals surface area contributed by atoms with Gasteiger partial charge in [-0.05, 0) is 19.4 Å². The average Bonchev–Trinajstić information content (AvgIpc) is 2.48. The first-order chi connectivity index (χ1) is 7.18. The van der Waals surface area contributed by atoms with Gasteiger partial charge in [-0.25, -0.2) is 0 Å². The van der Waals surface area contributed by atoms with Crippen molar-refractivity contribution in [2.24, 2.45) is 7.05 Å². The number of hydrogen-bond acceptors (Lipinski definition) is 3. The summed E-state index contributed by atoms with van der Waals surface area (Å²) in [5, 5.41) is 4.54. The first-order valence-electron chi connectivity index (χ1n) is 5.47. The molecule has 1 saturated heterocycles. The molecule has 0 N–H and O–H groups in total. The minimum Gasteiger partial charge on any atom is -0.379 e. The van der Waals surface area contributed by atoms with Crippen LogP contribution in [0.2, 0.25) is 0 Å². The van der Waals surface area contributed by atoms with E-state index in [9.17, 15) is 0 Å². The molecule has 1 aromatic heterocycles. The Bertz CT molecular complexity index is 340. The van der Waals surface area contributed by atoms with E-state index >= 15 is 0 Å². The Morgan fingerprint density at radius 3 is 2.47 bits per heavy atom. The molecule has 0 radical (unpaired) electrons. The summed E-state index contributed by atoms with van der Waals surface area (Å²) in [5.41, 5.74) is 3.79. The normalized spacial score (nSPS) is 18.3. The first-order valence-corrected chi connectivity index (χ1v) is 5.47. The topological polar surface area (TPSA) is 30.3 Å². The van der Waals surface area contributed by atoms with E-state index in [-0.39, 0.29) is 0 Å². The summed E-state index contributed by atoms with van der Waals surface area (Å²) in [7, 11) is 2.01. The van der Waals surface area contributed by atoms with Gasteiger partial charge in [-0.1, -0.05) is 0 Å². The van der Waals surface area contributed by atoms with Crippen molar-refractivity contribution in [3.05, 3.63) is 17.0 Å². The smallest absolute Gasteiger partial charge is 0.0796 e. The van der Waals surface area contributed by atoms with Crippen LogP contribution in [0.1, 0.15) is 17.0 Å². The first kappa shape index (κ1) is 10.6. The van der Waals surface area contributed by atoms with Crippen molar-refractivity contribution in [1.82, 2.24) is 14.7 Å². The van der Waals surface area contributed by atoms with Crippen LogP contribution in [0.15, 0.2) is 0 Å². The van der Waals surface area contributed by atoms with Crippen LogP contribution in [0, 0.1) is 13.8 Å². The Kier molecular flexibility index (Phi) is 3.07. The molecule has 2 rings (SSSR count). The van der Waals surface area contributed by atoms with Gasteiger partial charge in [0, 0.05) is 32.4 Å². The fourth-order valence-corrected chi connectivity index (χ4v) is 1.90. The van der Waals surface area contributed by atoms with Crippen molar-refractivity contribution in [2.75, 3.05) is 26.3 Å². The summed E-state index contributed by atoms with van der Waals surface area (Å²) in [6, 6.07) is 0. The Morgan fingerprint density at radius 2 is 1.93 bits per heavy atom. The maximum Gasteiger partial charge on any atom is 0.0796 e. The lowest BCUT2D eigenvalue weighted by atomic mass is 10.2. The molecular weight excluding hydrogens is 190 g/mol. The Balaban J connectivity index is 2.06. The fraction of sp³-hybridized carbons (Fsp3) is 0.727. The zero-order valence-electron chi connectivity index (χ0n) is 9.79. The molecule has 1 aliphatic heterocycles. The highest BCUT2D eigenvalue weighted by Crippen LogP contribution is 2.13. The van der Waals surface area contributed by atoms with Crippen molar-refractivity contribution >= 4 is 0 Å². The van der Waals surface area contributed by atoms with Crippen molar-refractivity contribution in [3.8, 4) is 0 Å². The number of aromatic nitrogens is 2. The lowest BCUT2D eigenvalue weighted by molar-refractivity contribution is 0.0335. The summed E-state index contributed by atoms with van der Waals surface area (Å²) >= 11 is 0. The number of rotatable bonds is 2. The van der Waals surface area contributed by atoms with Gasteiger partial charge in [0.25, 0.3) is 0 Å². The van der Waals surface area contributed by atoms with Crippen LogP contribution in [0.3, 0.4) is 0 Å². The third-order valence-corrected chi connectivity index (χ3v) is 3.21. The molecule has 0 aliphatic carbocycles. The van der Waals surface area contributed by atoms with Crippen LogP contribution >= 0.6 is 0 Å². The molecule has 84 valence electrons. The largest absolute Gasteiger partial charge is 0.379 e. The molecule has 4 nitrogen and oxygen atoms in total. The van der Waals surface area contributed by atoms with E-state index in [0.29, 0.717) is 0 Å². The van der Waals surface area contributed by atoms with E-state index in [2.05, 4.69) is 23.8 Å². The molecule has 0 aromatic carbocycles. The SMILES string of the molecule is Cc1c(CN2CCOCC2)nn(C)c1C. The molecule has 1 fully saturated rings. The second-order valence-corrected chi connectivity index (χ2v) is 4.17. The summed E-state index contributed by atoms with van der Waals surface area (Å²) in [5.74, 6) is 0. The van der Waals surface area contributed by atoms with Crippen molar-refractivity contribution in [1.29, 1.82) is 0 Å². The minimum atomic E-state index is 0.852. The highest BCUT2D eigenvalue weighted by atomic mass is 16.5. The van der Waals surface area contributed by atoms with E-state index in [0.717, 1.165) is 32.8 Å². The van der Waals surface area contributed by atoms with Gasteiger partial charge in [-0.15, -0.1) is 0 Å². The van der Waals surface area contributed by atoms with Gasteiger partial charge in [0.2, 0.25) is 0 Å². The number of ether oxygens (including phenoxy) is 1. The van der Waals surface area contributed by atoms with E-state index < -0.39 is 0 Å². The van der Waals surface area contributed by atoms with Gasteiger partial charge in [-0.2, -0.15) is 5.10 Å². The van der Waals surface area contributed by atoms with Crippen LogP contribution in [-0.2, 0) is 18.3 Å². The lowest BCUT2D eigenvalue weighted by Crippen LogP contribution is -2.35. The fourth-order valence-electron chi connectivity index (χ4n) is 1.90. The molecular formula is C11H19N3O. The summed E-state index contributed by atoms with van der Waals surface area (Å²) < 4.78 is 7.29. The molecule has 2 heterocycles. The molecule has 4 heteroatoms. The summed E-state index contributed by atoms with van der Waals surface area (Å²) in [4.78, 5) is 2.40. The average molecular weight is 209 g/mol. The van der Waals surface area contributed by atoms with Gasteiger partial charge in [-0.3, -0.25) is 9.58 Å². The van der Waals surface area contributed by atoms with E-state index in [1.807, 2.05) is 11.7 Å². The van der Waals surface area contributed by atoms with Crippen LogP contribution in [0.25, 0.3) is 0 Å². The molecule has 0 amide bonds. The quantitative estimate of drug-likeness (QED) is 0.724. The zero-order chi connectivity index (χ0) is 10.8. The van der Waals surface area contributed by atoms with Crippen molar-refractivity contribution < 1.29 is 4.74 Å². The molecule has 15 heavy (non-hydrogen) atoms. The van der Waals surface area contributed by atoms with Gasteiger partial charge in [0.15, 0.2) is 0 Å². The third kappa shape index (κ3) is 2.21. The minimum absolute atomic E-state index is 0.852. The summed E-state index contributed by atoms with van der Waals surface area (Å²) in [6.45, 7) is 8.97. The van der Waals surface area contributed by atoms with E-state index in [1.54, 1.807) is 0 Å². The zero-order valence-corrected chi connectivity index (χ0v) is 9.79. The van der Waals surface area contributed by atoms with E-state index in [1.165, 1.54) is 17.0 Å². The molecule has 0 atom stereocenters. The second kappa shape index (κ2) is 4.33. The maximum atomic E-state index is 5.33. The van der Waals surface area contributed by atoms with E-state index in [4.69, 9.17) is 4.74 Å². The Hall–Kier alpha value is -0.870. The van der Waals surface area contributed by atoms with Gasteiger partial charge >= 0.3 is 0 Å². The number of nitrogens with zero attached hydrogens (tertiary/aromatic N) is 3. The Labute approximate surface area is 90.8 Å². The van der Waals surface area contributed by atoms with Crippen LogP contribution in [0.4, 0.5) is 0 Å². The predicted octanol–water partition coefficient (Wildman–Crippen LogP) is 0.869. The van der Waals surface area contributed by atoms with Crippen LogP contribution in [0.5, 0.6) is 0 Å². The molecule has 0 saturated carbocycles. The highest BCUT2D eigenvalue weighted by Gasteiger charge is 2.15. The third-order valence-electron chi connectivity index (χ3n) is 3.21. The predicted molar refractivity (Wildman–Crippen MR) is 58.8 cm³/mol. The number of hydrogen-bond donors (Lipinski definition) is 0. The van der Waals surface area contributed by atoms with Crippen molar-refractivity contribution in [2.45, 2.75) is 20.4 Å². The molecule has 1 aliphatic rings. The molecule has 0 bridgehead atoms. The molecule has 1 aromatic rings. The molecule has 0 spiro atoms. The van der Waals surface area contributed by atoms with Crippen LogP contribution in [-0.4, -0.2) is 41.0 Å². The molecule has 0 unspecified atom stereocenters. The van der Waals surface area contributed by atoms with Gasteiger partial charge < -0.3 is 4.74 Å².